The summed E-state index contributed by atoms with van der Waals surface area (Å²) in [4.78, 5) is 16.6. The Bertz CT molecular complexity index is 797. The molecule has 2 aromatic rings. The minimum Gasteiger partial charge on any atom is -0.378 e. The maximum Gasteiger partial charge on any atom is 0.253 e. The zero-order chi connectivity index (χ0) is 18.7. The Hall–Kier alpha value is -2.08. The largest absolute Gasteiger partial charge is 0.378 e. The predicted molar refractivity (Wildman–Crippen MR) is 103 cm³/mol. The molecule has 0 aliphatic carbocycles. The molecule has 0 N–H and O–H groups in total. The first kappa shape index (κ1) is 18.7. The number of benzene rings is 2. The summed E-state index contributed by atoms with van der Waals surface area (Å²) in [5.41, 5.74) is 2.01. The number of hydrogen-bond donors (Lipinski definition) is 0. The van der Waals surface area contributed by atoms with Gasteiger partial charge in [-0.2, -0.15) is 11.8 Å². The van der Waals surface area contributed by atoms with Gasteiger partial charge in [-0.15, -0.1) is 0 Å². The highest BCUT2D eigenvalue weighted by Crippen LogP contribution is 2.36. The Morgan fingerprint density at radius 1 is 1.15 bits per heavy atom. The van der Waals surface area contributed by atoms with E-state index in [1.165, 1.54) is 12.1 Å². The highest BCUT2D eigenvalue weighted by Gasteiger charge is 2.25. The summed E-state index contributed by atoms with van der Waals surface area (Å²) in [5, 5.41) is -0.142. The van der Waals surface area contributed by atoms with Crippen LogP contribution in [0.3, 0.4) is 0 Å². The number of rotatable bonds is 3. The number of halogens is 2. The zero-order valence-electron chi connectivity index (χ0n) is 14.9. The molecule has 3 rings (SSSR count). The fourth-order valence-corrected chi connectivity index (χ4v) is 4.33. The molecule has 138 valence electrons. The van der Waals surface area contributed by atoms with Crippen molar-refractivity contribution in [3.8, 4) is 0 Å². The molecule has 0 aromatic heterocycles. The second-order valence-corrected chi connectivity index (χ2v) is 7.86. The van der Waals surface area contributed by atoms with Crippen LogP contribution in [0.2, 0.25) is 0 Å². The Balaban J connectivity index is 1.73. The zero-order valence-corrected chi connectivity index (χ0v) is 15.7. The monoisotopic (exact) mass is 376 g/mol. The van der Waals surface area contributed by atoms with Crippen LogP contribution < -0.4 is 4.90 Å². The Morgan fingerprint density at radius 2 is 1.96 bits per heavy atom. The van der Waals surface area contributed by atoms with Crippen molar-refractivity contribution >= 4 is 23.4 Å². The molecule has 1 aliphatic heterocycles. The average molecular weight is 376 g/mol. The second kappa shape index (κ2) is 8.08. The van der Waals surface area contributed by atoms with Gasteiger partial charge >= 0.3 is 0 Å². The van der Waals surface area contributed by atoms with E-state index in [1.807, 2.05) is 43.3 Å². The summed E-state index contributed by atoms with van der Waals surface area (Å²) < 4.78 is 27.6. The Morgan fingerprint density at radius 3 is 2.73 bits per heavy atom. The molecule has 0 unspecified atom stereocenters. The van der Waals surface area contributed by atoms with E-state index in [1.54, 1.807) is 16.7 Å². The summed E-state index contributed by atoms with van der Waals surface area (Å²) in [6, 6.07) is 11.1. The van der Waals surface area contributed by atoms with Crippen molar-refractivity contribution in [2.75, 3.05) is 37.8 Å². The van der Waals surface area contributed by atoms with Crippen LogP contribution in [0.4, 0.5) is 14.5 Å². The van der Waals surface area contributed by atoms with Gasteiger partial charge in [-0.05, 0) is 42.8 Å². The number of nitrogens with zero attached hydrogens (tertiary/aromatic N) is 2. The molecular formula is C20H22F2N2OS. The lowest BCUT2D eigenvalue weighted by atomic mass is 10.1. The number of anilines is 1. The van der Waals surface area contributed by atoms with Gasteiger partial charge in [0.15, 0.2) is 0 Å². The molecule has 0 spiro atoms. The molecule has 1 atom stereocenters. The van der Waals surface area contributed by atoms with Crippen molar-refractivity contribution < 1.29 is 13.6 Å². The SMILES string of the molecule is CN(C)c1cccc(C(=O)N2CCS[C@@H](c3cc(F)ccc3F)CC2)c1. The maximum absolute atomic E-state index is 14.1. The molecule has 0 bridgehead atoms. The quantitative estimate of drug-likeness (QED) is 0.796. The number of hydrogen-bond acceptors (Lipinski definition) is 3. The Labute approximate surface area is 157 Å². The van der Waals surface area contributed by atoms with E-state index in [9.17, 15) is 13.6 Å². The molecule has 1 amide bonds. The summed E-state index contributed by atoms with van der Waals surface area (Å²) in [6.07, 6.45) is 0.601. The van der Waals surface area contributed by atoms with Crippen molar-refractivity contribution in [3.63, 3.8) is 0 Å². The topological polar surface area (TPSA) is 23.6 Å². The molecule has 26 heavy (non-hydrogen) atoms. The van der Waals surface area contributed by atoms with E-state index in [4.69, 9.17) is 0 Å². The summed E-state index contributed by atoms with van der Waals surface area (Å²) in [6.45, 7) is 1.13. The fourth-order valence-electron chi connectivity index (χ4n) is 3.08. The molecule has 1 saturated heterocycles. The smallest absolute Gasteiger partial charge is 0.253 e. The van der Waals surface area contributed by atoms with Crippen molar-refractivity contribution in [3.05, 3.63) is 65.2 Å². The maximum atomic E-state index is 14.1. The van der Waals surface area contributed by atoms with Gasteiger partial charge < -0.3 is 9.80 Å². The highest BCUT2D eigenvalue weighted by atomic mass is 32.2. The molecule has 1 heterocycles. The first-order valence-corrected chi connectivity index (χ1v) is 9.64. The van der Waals surface area contributed by atoms with Crippen molar-refractivity contribution in [1.82, 2.24) is 4.90 Å². The lowest BCUT2D eigenvalue weighted by molar-refractivity contribution is 0.0766. The molecule has 6 heteroatoms. The van der Waals surface area contributed by atoms with E-state index < -0.39 is 5.82 Å². The lowest BCUT2D eigenvalue weighted by Gasteiger charge is -2.21. The number of thioether (sulfide) groups is 1. The van der Waals surface area contributed by atoms with Crippen LogP contribution >= 0.6 is 11.8 Å². The van der Waals surface area contributed by atoms with Crippen LogP contribution in [0.5, 0.6) is 0 Å². The van der Waals surface area contributed by atoms with Crippen LogP contribution in [-0.2, 0) is 0 Å². The van der Waals surface area contributed by atoms with Crippen molar-refractivity contribution in [2.45, 2.75) is 11.7 Å². The summed E-state index contributed by atoms with van der Waals surface area (Å²) in [5.74, 6) is -0.142. The van der Waals surface area contributed by atoms with Gasteiger partial charge in [0.1, 0.15) is 11.6 Å². The van der Waals surface area contributed by atoms with Crippen LogP contribution in [0.15, 0.2) is 42.5 Å². The van der Waals surface area contributed by atoms with Crippen LogP contribution in [0.1, 0.15) is 27.6 Å². The first-order valence-electron chi connectivity index (χ1n) is 8.59. The number of carbonyl (C=O) groups is 1. The van der Waals surface area contributed by atoms with Crippen LogP contribution in [-0.4, -0.2) is 43.7 Å². The fraction of sp³-hybridized carbons (Fsp3) is 0.350. The minimum atomic E-state index is -0.431. The molecule has 0 radical (unpaired) electrons. The highest BCUT2D eigenvalue weighted by molar-refractivity contribution is 7.99. The number of amides is 1. The summed E-state index contributed by atoms with van der Waals surface area (Å²) >= 11 is 1.58. The Kier molecular flexibility index (Phi) is 5.81. The summed E-state index contributed by atoms with van der Waals surface area (Å²) in [7, 11) is 3.87. The van der Waals surface area contributed by atoms with Gasteiger partial charge in [0, 0.05) is 55.0 Å². The molecule has 0 saturated carbocycles. The molecule has 3 nitrogen and oxygen atoms in total. The standard InChI is InChI=1S/C20H22F2N2OS/c1-23(2)16-5-3-4-14(12-16)20(25)24-9-8-19(26-11-10-24)17-13-15(21)6-7-18(17)22/h3-7,12-13,19H,8-11H2,1-2H3/t19-/m1/s1. The first-order chi connectivity index (χ1) is 12.5. The normalized spacial score (nSPS) is 17.7. The minimum absolute atomic E-state index is 0.0188. The second-order valence-electron chi connectivity index (χ2n) is 6.55. The van der Waals surface area contributed by atoms with Crippen LogP contribution in [0.25, 0.3) is 0 Å². The van der Waals surface area contributed by atoms with Crippen molar-refractivity contribution in [2.24, 2.45) is 0 Å². The number of carbonyl (C=O) groups excluding carboxylic acids is 1. The van der Waals surface area contributed by atoms with Gasteiger partial charge in [0.25, 0.3) is 5.91 Å². The van der Waals surface area contributed by atoms with Crippen LogP contribution in [0, 0.1) is 11.6 Å². The lowest BCUT2D eigenvalue weighted by Crippen LogP contribution is -2.33. The van der Waals surface area contributed by atoms with E-state index in [0.717, 1.165) is 11.8 Å². The third-order valence-electron chi connectivity index (χ3n) is 4.54. The van der Waals surface area contributed by atoms with Gasteiger partial charge in [0.2, 0.25) is 0 Å². The van der Waals surface area contributed by atoms with E-state index in [2.05, 4.69) is 0 Å². The molecule has 2 aromatic carbocycles. The van der Waals surface area contributed by atoms with E-state index in [-0.39, 0.29) is 17.0 Å². The molecule has 1 aliphatic rings. The van der Waals surface area contributed by atoms with Gasteiger partial charge in [-0.1, -0.05) is 6.07 Å². The molecule has 1 fully saturated rings. The van der Waals surface area contributed by atoms with Gasteiger partial charge in [0.05, 0.1) is 0 Å². The predicted octanol–water partition coefficient (Wildman–Crippen LogP) is 4.35. The van der Waals surface area contributed by atoms with E-state index >= 15 is 0 Å². The van der Waals surface area contributed by atoms with Gasteiger partial charge in [-0.3, -0.25) is 4.79 Å². The molecular weight excluding hydrogens is 354 g/mol. The van der Waals surface area contributed by atoms with E-state index in [0.29, 0.717) is 36.4 Å². The third kappa shape index (κ3) is 4.18. The van der Waals surface area contributed by atoms with Gasteiger partial charge in [-0.25, -0.2) is 8.78 Å². The van der Waals surface area contributed by atoms with Crippen molar-refractivity contribution in [1.29, 1.82) is 0 Å². The average Bonchev–Trinajstić information content (AvgIpc) is 2.89. The third-order valence-corrected chi connectivity index (χ3v) is 5.85.